The molecule has 31 heavy (non-hydrogen) atoms. The summed E-state index contributed by atoms with van der Waals surface area (Å²) in [5.74, 6) is -0.558. The summed E-state index contributed by atoms with van der Waals surface area (Å²) in [6.07, 6.45) is 5.54. The fourth-order valence-corrected chi connectivity index (χ4v) is 4.38. The first kappa shape index (κ1) is 21.3. The number of anilines is 1. The Morgan fingerprint density at radius 3 is 2.65 bits per heavy atom. The lowest BCUT2D eigenvalue weighted by Crippen LogP contribution is -2.45. The van der Waals surface area contributed by atoms with Crippen molar-refractivity contribution in [3.8, 4) is 0 Å². The monoisotopic (exact) mass is 438 g/mol. The van der Waals surface area contributed by atoms with Gasteiger partial charge in [0.05, 0.1) is 12.0 Å². The zero-order chi connectivity index (χ0) is 21.5. The molecule has 2 aromatic heterocycles. The second kappa shape index (κ2) is 10.4. The molecule has 0 saturated carbocycles. The van der Waals surface area contributed by atoms with Crippen molar-refractivity contribution in [1.82, 2.24) is 15.2 Å². The van der Waals surface area contributed by atoms with Crippen molar-refractivity contribution >= 4 is 28.3 Å². The number of likely N-dealkylation sites (tertiary alicyclic amines) is 1. The Morgan fingerprint density at radius 1 is 1.10 bits per heavy atom. The minimum atomic E-state index is -0.755. The van der Waals surface area contributed by atoms with Crippen LogP contribution in [0.5, 0.6) is 0 Å². The van der Waals surface area contributed by atoms with Gasteiger partial charge in [-0.15, -0.1) is 11.3 Å². The molecule has 2 N–H and O–H groups in total. The van der Waals surface area contributed by atoms with Crippen LogP contribution in [0.2, 0.25) is 0 Å². The number of furan rings is 1. The standard InChI is InChI=1S/C23H26N4O3S/c28-21(26-23-24-18(16-31-23)15-27-11-5-2-6-12-27)19(14-17-8-3-1-4-9-17)25-22(29)20-10-7-13-30-20/h1,3-4,7-10,13,16,19H,2,5-6,11-12,14-15H2,(H,25,29)(H,24,26,28)/t19-/m1/s1. The predicted molar refractivity (Wildman–Crippen MR) is 120 cm³/mol. The first-order valence-corrected chi connectivity index (χ1v) is 11.4. The van der Waals surface area contributed by atoms with Crippen LogP contribution in [0.4, 0.5) is 5.13 Å². The molecule has 2 amide bonds. The maximum atomic E-state index is 13.0. The van der Waals surface area contributed by atoms with Gasteiger partial charge in [0.15, 0.2) is 10.9 Å². The van der Waals surface area contributed by atoms with Gasteiger partial charge in [0.1, 0.15) is 6.04 Å². The van der Waals surface area contributed by atoms with E-state index in [0.29, 0.717) is 11.6 Å². The first-order valence-electron chi connectivity index (χ1n) is 10.5. The first-order chi connectivity index (χ1) is 15.2. The van der Waals surface area contributed by atoms with Crippen LogP contribution < -0.4 is 10.6 Å². The minimum absolute atomic E-state index is 0.170. The summed E-state index contributed by atoms with van der Waals surface area (Å²) in [4.78, 5) is 32.5. The van der Waals surface area contributed by atoms with E-state index in [1.807, 2.05) is 35.7 Å². The van der Waals surface area contributed by atoms with Crippen molar-refractivity contribution in [2.75, 3.05) is 18.4 Å². The van der Waals surface area contributed by atoms with Gasteiger partial charge in [-0.1, -0.05) is 36.8 Å². The Morgan fingerprint density at radius 2 is 1.90 bits per heavy atom. The van der Waals surface area contributed by atoms with Gasteiger partial charge in [0.2, 0.25) is 5.91 Å². The van der Waals surface area contributed by atoms with Crippen LogP contribution in [0, 0.1) is 0 Å². The zero-order valence-corrected chi connectivity index (χ0v) is 18.1. The second-order valence-electron chi connectivity index (χ2n) is 7.66. The number of carbonyl (C=O) groups is 2. The van der Waals surface area contributed by atoms with Crippen LogP contribution in [0.15, 0.2) is 58.5 Å². The predicted octanol–water partition coefficient (Wildman–Crippen LogP) is 3.70. The summed E-state index contributed by atoms with van der Waals surface area (Å²) in [5, 5.41) is 8.19. The van der Waals surface area contributed by atoms with Crippen LogP contribution >= 0.6 is 11.3 Å². The summed E-state index contributed by atoms with van der Waals surface area (Å²) in [5.41, 5.74) is 1.91. The van der Waals surface area contributed by atoms with Crippen molar-refractivity contribution < 1.29 is 14.0 Å². The molecular weight excluding hydrogens is 412 g/mol. The van der Waals surface area contributed by atoms with E-state index in [-0.39, 0.29) is 11.7 Å². The van der Waals surface area contributed by atoms with Crippen molar-refractivity contribution in [1.29, 1.82) is 0 Å². The highest BCUT2D eigenvalue weighted by molar-refractivity contribution is 7.13. The average Bonchev–Trinajstić information content (AvgIpc) is 3.47. The van der Waals surface area contributed by atoms with E-state index < -0.39 is 11.9 Å². The van der Waals surface area contributed by atoms with Gasteiger partial charge in [-0.3, -0.25) is 14.5 Å². The third-order valence-electron chi connectivity index (χ3n) is 5.27. The molecule has 0 unspecified atom stereocenters. The highest BCUT2D eigenvalue weighted by atomic mass is 32.1. The Balaban J connectivity index is 1.41. The fraction of sp³-hybridized carbons (Fsp3) is 0.348. The van der Waals surface area contributed by atoms with Crippen LogP contribution in [0.1, 0.15) is 41.1 Å². The number of amides is 2. The van der Waals surface area contributed by atoms with E-state index in [2.05, 4.69) is 20.5 Å². The van der Waals surface area contributed by atoms with Crippen LogP contribution in [-0.4, -0.2) is 40.8 Å². The lowest BCUT2D eigenvalue weighted by molar-refractivity contribution is -0.118. The number of nitrogens with zero attached hydrogens (tertiary/aromatic N) is 2. The molecule has 0 bridgehead atoms. The topological polar surface area (TPSA) is 87.5 Å². The number of thiazole rings is 1. The quantitative estimate of drug-likeness (QED) is 0.560. The molecular formula is C23H26N4O3S. The van der Waals surface area contributed by atoms with Crippen molar-refractivity contribution in [3.63, 3.8) is 0 Å². The summed E-state index contributed by atoms with van der Waals surface area (Å²) in [6.45, 7) is 2.99. The molecule has 3 aromatic rings. The number of aromatic nitrogens is 1. The average molecular weight is 439 g/mol. The smallest absolute Gasteiger partial charge is 0.287 e. The molecule has 4 rings (SSSR count). The minimum Gasteiger partial charge on any atom is -0.459 e. The number of hydrogen-bond donors (Lipinski definition) is 2. The number of rotatable bonds is 8. The van der Waals surface area contributed by atoms with Crippen molar-refractivity contribution in [3.05, 3.63) is 71.1 Å². The third kappa shape index (κ3) is 6.02. The highest BCUT2D eigenvalue weighted by Crippen LogP contribution is 2.19. The molecule has 8 heteroatoms. The van der Waals surface area contributed by atoms with Gasteiger partial charge in [-0.05, 0) is 43.6 Å². The van der Waals surface area contributed by atoms with Gasteiger partial charge < -0.3 is 15.1 Å². The Labute approximate surface area is 185 Å². The third-order valence-corrected chi connectivity index (χ3v) is 6.07. The largest absolute Gasteiger partial charge is 0.459 e. The van der Waals surface area contributed by atoms with E-state index >= 15 is 0 Å². The van der Waals surface area contributed by atoms with Crippen molar-refractivity contribution in [2.45, 2.75) is 38.3 Å². The maximum absolute atomic E-state index is 13.0. The molecule has 0 radical (unpaired) electrons. The molecule has 1 fully saturated rings. The second-order valence-corrected chi connectivity index (χ2v) is 8.52. The Hall–Kier alpha value is -2.97. The maximum Gasteiger partial charge on any atom is 0.287 e. The number of benzene rings is 1. The van der Waals surface area contributed by atoms with E-state index in [1.54, 1.807) is 12.1 Å². The summed E-state index contributed by atoms with van der Waals surface area (Å²) in [6, 6.07) is 12.0. The van der Waals surface area contributed by atoms with E-state index in [4.69, 9.17) is 4.42 Å². The lowest BCUT2D eigenvalue weighted by atomic mass is 10.1. The lowest BCUT2D eigenvalue weighted by Gasteiger charge is -2.25. The number of hydrogen-bond acceptors (Lipinski definition) is 6. The van der Waals surface area contributed by atoms with Crippen molar-refractivity contribution in [2.24, 2.45) is 0 Å². The summed E-state index contributed by atoms with van der Waals surface area (Å²) < 4.78 is 5.16. The fourth-order valence-electron chi connectivity index (χ4n) is 3.67. The number of nitrogens with one attached hydrogen (secondary N) is 2. The molecule has 3 heterocycles. The zero-order valence-electron chi connectivity index (χ0n) is 17.3. The number of carbonyl (C=O) groups excluding carboxylic acids is 2. The van der Waals surface area contributed by atoms with Gasteiger partial charge in [-0.2, -0.15) is 0 Å². The normalized spacial score (nSPS) is 15.4. The van der Waals surface area contributed by atoms with Gasteiger partial charge in [0.25, 0.3) is 5.91 Å². The highest BCUT2D eigenvalue weighted by Gasteiger charge is 2.24. The number of piperidine rings is 1. The molecule has 1 aliphatic heterocycles. The molecule has 7 nitrogen and oxygen atoms in total. The molecule has 0 spiro atoms. The molecule has 1 atom stereocenters. The van der Waals surface area contributed by atoms with Gasteiger partial charge in [-0.25, -0.2) is 4.98 Å². The molecule has 0 aliphatic carbocycles. The van der Waals surface area contributed by atoms with E-state index in [1.165, 1.54) is 36.9 Å². The molecule has 1 aromatic carbocycles. The summed E-state index contributed by atoms with van der Waals surface area (Å²) in [7, 11) is 0. The van der Waals surface area contributed by atoms with Crippen LogP contribution in [0.3, 0.4) is 0 Å². The Kier molecular flexibility index (Phi) is 7.11. The summed E-state index contributed by atoms with van der Waals surface area (Å²) >= 11 is 1.41. The molecule has 1 saturated heterocycles. The van der Waals surface area contributed by atoms with Crippen LogP contribution in [-0.2, 0) is 17.8 Å². The van der Waals surface area contributed by atoms with Crippen LogP contribution in [0.25, 0.3) is 0 Å². The van der Waals surface area contributed by atoms with E-state index in [0.717, 1.165) is 30.9 Å². The Bertz CT molecular complexity index is 981. The van der Waals surface area contributed by atoms with E-state index in [9.17, 15) is 9.59 Å². The SMILES string of the molecule is O=C(N[C@H](Cc1ccccc1)C(=O)Nc1nc(CN2CCCCC2)cs1)c1ccco1. The molecule has 1 aliphatic rings. The van der Waals surface area contributed by atoms with Gasteiger partial charge in [0, 0.05) is 18.3 Å². The molecule has 162 valence electrons. The van der Waals surface area contributed by atoms with Gasteiger partial charge >= 0.3 is 0 Å².